The summed E-state index contributed by atoms with van der Waals surface area (Å²) in [6.45, 7) is 3.82. The maximum absolute atomic E-state index is 11.9. The Bertz CT molecular complexity index is 598. The van der Waals surface area contributed by atoms with Crippen LogP contribution in [-0.4, -0.2) is 17.2 Å². The van der Waals surface area contributed by atoms with Crippen LogP contribution in [-0.2, 0) is 11.3 Å². The number of nitrogens with zero attached hydrogens (tertiary/aromatic N) is 1. The molecule has 106 valence electrons. The highest BCUT2D eigenvalue weighted by Gasteiger charge is 2.16. The van der Waals surface area contributed by atoms with E-state index >= 15 is 0 Å². The highest BCUT2D eigenvalue weighted by atomic mass is 79.9. The predicted molar refractivity (Wildman–Crippen MR) is 77.3 cm³/mol. The minimum Gasteiger partial charge on any atom is -0.480 e. The van der Waals surface area contributed by atoms with Crippen molar-refractivity contribution < 1.29 is 14.1 Å². The molecule has 1 aromatic heterocycles. The molecule has 0 saturated carbocycles. The molecule has 0 unspecified atom stereocenters. The second kappa shape index (κ2) is 6.56. The molecule has 1 aromatic carbocycles. The largest absolute Gasteiger partial charge is 0.480 e. The third-order valence-electron chi connectivity index (χ3n) is 2.62. The maximum atomic E-state index is 11.9. The van der Waals surface area contributed by atoms with Gasteiger partial charge in [-0.15, -0.1) is 0 Å². The number of aromatic nitrogens is 1. The lowest BCUT2D eigenvalue weighted by atomic mass is 10.3. The van der Waals surface area contributed by atoms with Crippen molar-refractivity contribution in [3.05, 3.63) is 46.3 Å². The van der Waals surface area contributed by atoms with Crippen LogP contribution < -0.4 is 10.1 Å². The Labute approximate surface area is 125 Å². The van der Waals surface area contributed by atoms with Gasteiger partial charge < -0.3 is 14.6 Å². The molecule has 1 N–H and O–H groups in total. The normalized spacial score (nSPS) is 11.9. The van der Waals surface area contributed by atoms with Gasteiger partial charge in [0.1, 0.15) is 5.75 Å². The minimum atomic E-state index is -0.599. The molecular weight excluding hydrogens is 324 g/mol. The average Bonchev–Trinajstić information content (AvgIpc) is 2.84. The zero-order valence-corrected chi connectivity index (χ0v) is 12.8. The van der Waals surface area contributed by atoms with Crippen molar-refractivity contribution in [2.45, 2.75) is 26.5 Å². The third kappa shape index (κ3) is 3.84. The van der Waals surface area contributed by atoms with Gasteiger partial charge in [-0.25, -0.2) is 0 Å². The van der Waals surface area contributed by atoms with Gasteiger partial charge in [0.15, 0.2) is 11.9 Å². The van der Waals surface area contributed by atoms with Crippen LogP contribution in [0.5, 0.6) is 5.75 Å². The molecule has 1 amide bonds. The molecule has 0 saturated heterocycles. The number of carbonyl (C=O) groups is 1. The van der Waals surface area contributed by atoms with Gasteiger partial charge in [-0.2, -0.15) is 0 Å². The number of aryl methyl sites for hydroxylation is 1. The van der Waals surface area contributed by atoms with Crippen molar-refractivity contribution in [1.82, 2.24) is 10.5 Å². The van der Waals surface area contributed by atoms with Crippen molar-refractivity contribution in [3.8, 4) is 5.75 Å². The molecule has 0 aliphatic carbocycles. The Balaban J connectivity index is 1.87. The molecule has 0 aliphatic heterocycles. The van der Waals surface area contributed by atoms with Crippen molar-refractivity contribution >= 4 is 21.8 Å². The van der Waals surface area contributed by atoms with Crippen LogP contribution in [0.1, 0.15) is 18.4 Å². The first-order valence-electron chi connectivity index (χ1n) is 6.17. The fourth-order valence-electron chi connectivity index (χ4n) is 1.60. The number of carbonyl (C=O) groups excluding carboxylic acids is 1. The first kappa shape index (κ1) is 14.6. The van der Waals surface area contributed by atoms with Crippen LogP contribution in [0.3, 0.4) is 0 Å². The Kier molecular flexibility index (Phi) is 4.79. The van der Waals surface area contributed by atoms with E-state index in [0.29, 0.717) is 18.1 Å². The standard InChI is InChI=1S/C14H15BrN2O3/c1-9-7-11(20-17-9)8-16-14(18)10(2)19-13-6-4-3-5-12(13)15/h3-7,10H,8H2,1-2H3,(H,16,18)/t10-/m1/s1. The molecule has 0 fully saturated rings. The smallest absolute Gasteiger partial charge is 0.261 e. The molecule has 0 radical (unpaired) electrons. The number of halogens is 1. The van der Waals surface area contributed by atoms with Crippen LogP contribution >= 0.6 is 15.9 Å². The first-order valence-corrected chi connectivity index (χ1v) is 6.96. The Morgan fingerprint density at radius 2 is 2.25 bits per heavy atom. The van der Waals surface area contributed by atoms with Gasteiger partial charge in [0.25, 0.3) is 5.91 Å². The van der Waals surface area contributed by atoms with Crippen molar-refractivity contribution in [2.75, 3.05) is 0 Å². The van der Waals surface area contributed by atoms with Crippen LogP contribution in [0.25, 0.3) is 0 Å². The van der Waals surface area contributed by atoms with Crippen molar-refractivity contribution in [1.29, 1.82) is 0 Å². The van der Waals surface area contributed by atoms with Gasteiger partial charge in [0.2, 0.25) is 0 Å². The van der Waals surface area contributed by atoms with E-state index in [0.717, 1.165) is 10.2 Å². The summed E-state index contributed by atoms with van der Waals surface area (Å²) < 4.78 is 11.4. The summed E-state index contributed by atoms with van der Waals surface area (Å²) in [5.74, 6) is 1.03. The lowest BCUT2D eigenvalue weighted by molar-refractivity contribution is -0.127. The molecule has 2 rings (SSSR count). The SMILES string of the molecule is Cc1cc(CNC(=O)[C@@H](C)Oc2ccccc2Br)on1. The first-order chi connectivity index (χ1) is 9.56. The number of ether oxygens (including phenoxy) is 1. The summed E-state index contributed by atoms with van der Waals surface area (Å²) in [6.07, 6.45) is -0.599. The van der Waals surface area contributed by atoms with E-state index in [1.54, 1.807) is 19.1 Å². The number of hydrogen-bond acceptors (Lipinski definition) is 4. The van der Waals surface area contributed by atoms with E-state index < -0.39 is 6.10 Å². The topological polar surface area (TPSA) is 64.4 Å². The number of hydrogen-bond donors (Lipinski definition) is 1. The molecule has 5 nitrogen and oxygen atoms in total. The quantitative estimate of drug-likeness (QED) is 0.910. The van der Waals surface area contributed by atoms with Gasteiger partial charge in [-0.05, 0) is 41.9 Å². The molecule has 0 bridgehead atoms. The minimum absolute atomic E-state index is 0.213. The molecule has 2 aromatic rings. The fraction of sp³-hybridized carbons (Fsp3) is 0.286. The van der Waals surface area contributed by atoms with E-state index in [4.69, 9.17) is 9.26 Å². The van der Waals surface area contributed by atoms with E-state index in [2.05, 4.69) is 26.4 Å². The van der Waals surface area contributed by atoms with Gasteiger partial charge in [0, 0.05) is 6.07 Å². The van der Waals surface area contributed by atoms with Crippen LogP contribution in [0.15, 0.2) is 39.3 Å². The molecule has 1 atom stereocenters. The second-order valence-corrected chi connectivity index (χ2v) is 5.20. The zero-order chi connectivity index (χ0) is 14.5. The van der Waals surface area contributed by atoms with E-state index in [1.807, 2.05) is 25.1 Å². The lowest BCUT2D eigenvalue weighted by Gasteiger charge is -2.15. The lowest BCUT2D eigenvalue weighted by Crippen LogP contribution is -2.35. The van der Waals surface area contributed by atoms with Crippen molar-refractivity contribution in [3.63, 3.8) is 0 Å². The van der Waals surface area contributed by atoms with Crippen molar-refractivity contribution in [2.24, 2.45) is 0 Å². The summed E-state index contributed by atoms with van der Waals surface area (Å²) in [5, 5.41) is 6.49. The molecule has 20 heavy (non-hydrogen) atoms. The van der Waals surface area contributed by atoms with Crippen LogP contribution in [0.4, 0.5) is 0 Å². The highest BCUT2D eigenvalue weighted by molar-refractivity contribution is 9.10. The third-order valence-corrected chi connectivity index (χ3v) is 3.28. The summed E-state index contributed by atoms with van der Waals surface area (Å²) in [4.78, 5) is 11.9. The van der Waals surface area contributed by atoms with E-state index in [1.165, 1.54) is 0 Å². The summed E-state index contributed by atoms with van der Waals surface area (Å²) in [7, 11) is 0. The van der Waals surface area contributed by atoms with Gasteiger partial charge in [-0.1, -0.05) is 17.3 Å². The fourth-order valence-corrected chi connectivity index (χ4v) is 1.98. The molecule has 6 heteroatoms. The Morgan fingerprint density at radius 3 is 2.90 bits per heavy atom. The number of para-hydroxylation sites is 1. The Morgan fingerprint density at radius 1 is 1.50 bits per heavy atom. The van der Waals surface area contributed by atoms with E-state index in [9.17, 15) is 4.79 Å². The van der Waals surface area contributed by atoms with Gasteiger partial charge in [-0.3, -0.25) is 4.79 Å². The predicted octanol–water partition coefficient (Wildman–Crippen LogP) is 2.83. The monoisotopic (exact) mass is 338 g/mol. The van der Waals surface area contributed by atoms with Gasteiger partial charge in [0.05, 0.1) is 16.7 Å². The molecular formula is C14H15BrN2O3. The van der Waals surface area contributed by atoms with Gasteiger partial charge >= 0.3 is 0 Å². The van der Waals surface area contributed by atoms with Crippen LogP contribution in [0.2, 0.25) is 0 Å². The summed E-state index contributed by atoms with van der Waals surface area (Å²) >= 11 is 3.37. The molecule has 1 heterocycles. The number of rotatable bonds is 5. The number of amides is 1. The number of nitrogens with one attached hydrogen (secondary N) is 1. The zero-order valence-electron chi connectivity index (χ0n) is 11.2. The van der Waals surface area contributed by atoms with E-state index in [-0.39, 0.29) is 5.91 Å². The highest BCUT2D eigenvalue weighted by Crippen LogP contribution is 2.24. The molecule has 0 spiro atoms. The summed E-state index contributed by atoms with van der Waals surface area (Å²) in [5.41, 5.74) is 0.784. The maximum Gasteiger partial charge on any atom is 0.261 e. The summed E-state index contributed by atoms with van der Waals surface area (Å²) in [6, 6.07) is 9.17. The second-order valence-electron chi connectivity index (χ2n) is 4.34. The van der Waals surface area contributed by atoms with Crippen LogP contribution in [0, 0.1) is 6.92 Å². The number of benzene rings is 1. The Hall–Kier alpha value is -1.82. The average molecular weight is 339 g/mol. The molecule has 0 aliphatic rings.